The summed E-state index contributed by atoms with van der Waals surface area (Å²) in [4.78, 5) is 29.5. The van der Waals surface area contributed by atoms with E-state index in [1.54, 1.807) is 31.4 Å². The number of ether oxygens (including phenoxy) is 1. The molecule has 0 spiro atoms. The van der Waals surface area contributed by atoms with E-state index in [0.717, 1.165) is 32.2 Å². The highest BCUT2D eigenvalue weighted by Gasteiger charge is 2.13. The first-order chi connectivity index (χ1) is 16.0. The van der Waals surface area contributed by atoms with Gasteiger partial charge in [-0.25, -0.2) is 4.98 Å². The van der Waals surface area contributed by atoms with Crippen molar-refractivity contribution >= 4 is 49.7 Å². The number of carbonyl (C=O) groups excluding carboxylic acids is 2. The lowest BCUT2D eigenvalue weighted by atomic mass is 10.1. The minimum absolute atomic E-state index is 0.140. The molecule has 0 saturated carbocycles. The Morgan fingerprint density at radius 2 is 1.64 bits per heavy atom. The number of methoxy groups -OCH3 is 1. The molecule has 2 N–H and O–H groups in total. The molecule has 2 amide bonds. The van der Waals surface area contributed by atoms with Crippen LogP contribution in [0.2, 0.25) is 0 Å². The van der Waals surface area contributed by atoms with Crippen molar-refractivity contribution in [2.75, 3.05) is 17.7 Å². The van der Waals surface area contributed by atoms with E-state index in [2.05, 4.69) is 10.6 Å². The maximum absolute atomic E-state index is 12.8. The maximum Gasteiger partial charge on any atom is 0.255 e. The van der Waals surface area contributed by atoms with Crippen LogP contribution in [0.5, 0.6) is 5.75 Å². The first-order valence-corrected chi connectivity index (χ1v) is 11.1. The molecule has 0 aliphatic rings. The monoisotopic (exact) mass is 456 g/mol. The Morgan fingerprint density at radius 1 is 0.939 bits per heavy atom. The summed E-state index contributed by atoms with van der Waals surface area (Å²) in [6.45, 7) is 1.45. The lowest BCUT2D eigenvalue weighted by Crippen LogP contribution is -2.12. The topological polar surface area (TPSA) is 84.7 Å². The molecule has 7 nitrogen and oxygen atoms in total. The van der Waals surface area contributed by atoms with Crippen molar-refractivity contribution in [3.05, 3.63) is 78.5 Å². The first-order valence-electron chi connectivity index (χ1n) is 10.3. The first kappa shape index (κ1) is 20.7. The fourth-order valence-corrected chi connectivity index (χ4v) is 4.63. The largest absolute Gasteiger partial charge is 0.497 e. The highest BCUT2D eigenvalue weighted by atomic mass is 32.1. The normalized spacial score (nSPS) is 11.0. The Labute approximate surface area is 193 Å². The molecule has 0 radical (unpaired) electrons. The Hall–Kier alpha value is -4.17. The maximum atomic E-state index is 12.8. The van der Waals surface area contributed by atoms with E-state index in [9.17, 15) is 9.59 Å². The molecule has 0 fully saturated rings. The van der Waals surface area contributed by atoms with Gasteiger partial charge in [0.05, 0.1) is 23.0 Å². The van der Waals surface area contributed by atoms with Gasteiger partial charge in [-0.2, -0.15) is 0 Å². The van der Waals surface area contributed by atoms with Crippen LogP contribution < -0.4 is 15.4 Å². The highest BCUT2D eigenvalue weighted by Crippen LogP contribution is 2.31. The number of fused-ring (bicyclic) bond motifs is 3. The van der Waals surface area contributed by atoms with Crippen LogP contribution in [0.3, 0.4) is 0 Å². The van der Waals surface area contributed by atoms with E-state index in [-0.39, 0.29) is 11.8 Å². The molecule has 8 heteroatoms. The summed E-state index contributed by atoms with van der Waals surface area (Å²) in [5, 5.41) is 5.59. The summed E-state index contributed by atoms with van der Waals surface area (Å²) >= 11 is 1.54. The van der Waals surface area contributed by atoms with Gasteiger partial charge in [0.25, 0.3) is 5.91 Å². The van der Waals surface area contributed by atoms with Crippen LogP contribution >= 0.6 is 11.3 Å². The third-order valence-corrected chi connectivity index (χ3v) is 6.22. The van der Waals surface area contributed by atoms with Gasteiger partial charge in [-0.1, -0.05) is 11.3 Å². The van der Waals surface area contributed by atoms with Gasteiger partial charge in [0.15, 0.2) is 4.96 Å². The molecule has 0 saturated heterocycles. The number of rotatable bonds is 5. The average molecular weight is 457 g/mol. The number of imidazole rings is 1. The minimum atomic E-state index is -0.200. The summed E-state index contributed by atoms with van der Waals surface area (Å²) in [7, 11) is 1.64. The zero-order valence-electron chi connectivity index (χ0n) is 18.0. The van der Waals surface area contributed by atoms with Gasteiger partial charge in [-0.15, -0.1) is 0 Å². The number of benzene rings is 3. The standard InChI is InChI=1S/C25H20N4O3S/c1-15(30)26-18-6-8-19(9-7-18)27-24(31)17-5-12-22-23(13-17)33-25-28-21(14-29(22)25)16-3-10-20(32-2)11-4-16/h3-14H,1-2H3,(H,26,30)(H,27,31). The molecule has 33 heavy (non-hydrogen) atoms. The molecule has 5 rings (SSSR count). The summed E-state index contributed by atoms with van der Waals surface area (Å²) in [5.74, 6) is 0.465. The molecule has 2 aromatic heterocycles. The molecule has 164 valence electrons. The van der Waals surface area contributed by atoms with Crippen molar-refractivity contribution in [2.45, 2.75) is 6.92 Å². The van der Waals surface area contributed by atoms with E-state index in [4.69, 9.17) is 9.72 Å². The van der Waals surface area contributed by atoms with Gasteiger partial charge in [0, 0.05) is 35.6 Å². The number of aromatic nitrogens is 2. The summed E-state index contributed by atoms with van der Waals surface area (Å²) in [6, 6.07) is 20.4. The number of nitrogens with one attached hydrogen (secondary N) is 2. The number of thiazole rings is 1. The van der Waals surface area contributed by atoms with Gasteiger partial charge in [-0.3, -0.25) is 14.0 Å². The third kappa shape index (κ3) is 4.16. The van der Waals surface area contributed by atoms with Gasteiger partial charge in [0.1, 0.15) is 5.75 Å². The minimum Gasteiger partial charge on any atom is -0.497 e. The van der Waals surface area contributed by atoms with E-state index in [1.165, 1.54) is 18.3 Å². The van der Waals surface area contributed by atoms with Crippen LogP contribution in [0.25, 0.3) is 26.4 Å². The smallest absolute Gasteiger partial charge is 0.255 e. The second-order valence-electron chi connectivity index (χ2n) is 7.50. The fraction of sp³-hybridized carbons (Fsp3) is 0.0800. The highest BCUT2D eigenvalue weighted by molar-refractivity contribution is 7.23. The van der Waals surface area contributed by atoms with Crippen molar-refractivity contribution in [1.82, 2.24) is 9.38 Å². The molecular weight excluding hydrogens is 436 g/mol. The second-order valence-corrected chi connectivity index (χ2v) is 8.51. The quantitative estimate of drug-likeness (QED) is 0.369. The number of amides is 2. The lowest BCUT2D eigenvalue weighted by molar-refractivity contribution is -0.114. The number of hydrogen-bond donors (Lipinski definition) is 2. The van der Waals surface area contributed by atoms with Crippen LogP contribution in [0.15, 0.2) is 72.9 Å². The van der Waals surface area contributed by atoms with Crippen molar-refractivity contribution in [2.24, 2.45) is 0 Å². The van der Waals surface area contributed by atoms with Gasteiger partial charge < -0.3 is 15.4 Å². The van der Waals surface area contributed by atoms with Crippen molar-refractivity contribution in [3.8, 4) is 17.0 Å². The van der Waals surface area contributed by atoms with E-state index >= 15 is 0 Å². The van der Waals surface area contributed by atoms with E-state index in [0.29, 0.717) is 16.9 Å². The number of anilines is 2. The summed E-state index contributed by atoms with van der Waals surface area (Å²) in [6.07, 6.45) is 2.01. The van der Waals surface area contributed by atoms with Gasteiger partial charge in [0.2, 0.25) is 5.91 Å². The van der Waals surface area contributed by atoms with Crippen LogP contribution in [0.1, 0.15) is 17.3 Å². The second kappa shape index (κ2) is 8.40. The third-order valence-electron chi connectivity index (χ3n) is 5.21. The Kier molecular flexibility index (Phi) is 5.27. The molecule has 0 atom stereocenters. The lowest BCUT2D eigenvalue weighted by Gasteiger charge is -2.07. The SMILES string of the molecule is COc1ccc(-c2cn3c(n2)sc2cc(C(=O)Nc4ccc(NC(C)=O)cc4)ccc23)cc1. The fourth-order valence-electron chi connectivity index (χ4n) is 3.59. The number of hydrogen-bond acceptors (Lipinski definition) is 5. The van der Waals surface area contributed by atoms with E-state index < -0.39 is 0 Å². The van der Waals surface area contributed by atoms with Gasteiger partial charge >= 0.3 is 0 Å². The zero-order valence-corrected chi connectivity index (χ0v) is 18.8. The molecule has 0 unspecified atom stereocenters. The molecule has 0 bridgehead atoms. The van der Waals surface area contributed by atoms with E-state index in [1.807, 2.05) is 53.1 Å². The van der Waals surface area contributed by atoms with Crippen molar-refractivity contribution in [3.63, 3.8) is 0 Å². The van der Waals surface area contributed by atoms with Crippen LogP contribution in [0, 0.1) is 0 Å². The number of nitrogens with zero attached hydrogens (tertiary/aromatic N) is 2. The Balaban J connectivity index is 1.37. The van der Waals surface area contributed by atoms with Crippen LogP contribution in [-0.4, -0.2) is 28.3 Å². The van der Waals surface area contributed by atoms with Crippen LogP contribution in [0.4, 0.5) is 11.4 Å². The predicted molar refractivity (Wildman–Crippen MR) is 131 cm³/mol. The Morgan fingerprint density at radius 3 is 2.30 bits per heavy atom. The van der Waals surface area contributed by atoms with Crippen molar-refractivity contribution < 1.29 is 14.3 Å². The molecular formula is C25H20N4O3S. The summed E-state index contributed by atoms with van der Waals surface area (Å²) in [5.41, 5.74) is 4.79. The zero-order chi connectivity index (χ0) is 22.9. The predicted octanol–water partition coefficient (Wildman–Crippen LogP) is 5.44. The average Bonchev–Trinajstić information content (AvgIpc) is 3.37. The van der Waals surface area contributed by atoms with Crippen molar-refractivity contribution in [1.29, 1.82) is 0 Å². The molecule has 0 aliphatic heterocycles. The van der Waals surface area contributed by atoms with Gasteiger partial charge in [-0.05, 0) is 66.7 Å². The molecule has 3 aromatic carbocycles. The number of carbonyl (C=O) groups is 2. The summed E-state index contributed by atoms with van der Waals surface area (Å²) < 4.78 is 8.24. The molecule has 5 aromatic rings. The van der Waals surface area contributed by atoms with Crippen LogP contribution in [-0.2, 0) is 4.79 Å². The Bertz CT molecular complexity index is 1480. The molecule has 0 aliphatic carbocycles. The molecule has 2 heterocycles.